The van der Waals surface area contributed by atoms with Gasteiger partial charge in [-0.25, -0.2) is 0 Å². The van der Waals surface area contributed by atoms with Gasteiger partial charge in [0.05, 0.1) is 26.3 Å². The SMILES string of the molecule is COc1ccc(OC)c2c1cc(C(=O)NCc1noc(-c3ccccc3)n1)n2C. The third kappa shape index (κ3) is 3.40. The van der Waals surface area contributed by atoms with Crippen molar-refractivity contribution >= 4 is 16.8 Å². The normalized spacial score (nSPS) is 10.9. The van der Waals surface area contributed by atoms with E-state index in [0.717, 1.165) is 16.5 Å². The van der Waals surface area contributed by atoms with Crippen molar-refractivity contribution in [3.8, 4) is 23.0 Å². The Morgan fingerprint density at radius 1 is 1.10 bits per heavy atom. The molecule has 0 saturated heterocycles. The van der Waals surface area contributed by atoms with Crippen molar-refractivity contribution in [2.75, 3.05) is 14.2 Å². The predicted molar refractivity (Wildman–Crippen MR) is 107 cm³/mol. The quantitative estimate of drug-likeness (QED) is 0.542. The van der Waals surface area contributed by atoms with E-state index in [9.17, 15) is 4.79 Å². The van der Waals surface area contributed by atoms with Gasteiger partial charge in [-0.15, -0.1) is 0 Å². The van der Waals surface area contributed by atoms with Crippen LogP contribution in [0.1, 0.15) is 16.3 Å². The van der Waals surface area contributed by atoms with E-state index in [-0.39, 0.29) is 12.5 Å². The lowest BCUT2D eigenvalue weighted by Crippen LogP contribution is -2.25. The first-order valence-corrected chi connectivity index (χ1v) is 8.99. The van der Waals surface area contributed by atoms with E-state index in [2.05, 4.69) is 15.5 Å². The number of hydrogen-bond donors (Lipinski definition) is 1. The third-order valence-electron chi connectivity index (χ3n) is 4.69. The number of carbonyl (C=O) groups excluding carboxylic acids is 1. The van der Waals surface area contributed by atoms with Gasteiger partial charge >= 0.3 is 0 Å². The molecular formula is C21H20N4O4. The zero-order chi connectivity index (χ0) is 20.4. The van der Waals surface area contributed by atoms with Crippen LogP contribution in [0, 0.1) is 0 Å². The highest BCUT2D eigenvalue weighted by Crippen LogP contribution is 2.35. The fraction of sp³-hybridized carbons (Fsp3) is 0.190. The largest absolute Gasteiger partial charge is 0.496 e. The third-order valence-corrected chi connectivity index (χ3v) is 4.69. The molecule has 0 radical (unpaired) electrons. The Hall–Kier alpha value is -3.81. The van der Waals surface area contributed by atoms with E-state index in [4.69, 9.17) is 14.0 Å². The van der Waals surface area contributed by atoms with Crippen LogP contribution in [0.4, 0.5) is 0 Å². The van der Waals surface area contributed by atoms with Crippen LogP contribution in [0.5, 0.6) is 11.5 Å². The van der Waals surface area contributed by atoms with E-state index in [1.165, 1.54) is 0 Å². The van der Waals surface area contributed by atoms with E-state index in [1.54, 1.807) is 31.9 Å². The Morgan fingerprint density at radius 2 is 1.83 bits per heavy atom. The Balaban J connectivity index is 1.56. The van der Waals surface area contributed by atoms with Crippen molar-refractivity contribution in [2.24, 2.45) is 7.05 Å². The van der Waals surface area contributed by atoms with E-state index < -0.39 is 0 Å². The van der Waals surface area contributed by atoms with Crippen LogP contribution in [-0.2, 0) is 13.6 Å². The van der Waals surface area contributed by atoms with Crippen LogP contribution in [0.25, 0.3) is 22.4 Å². The number of fused-ring (bicyclic) bond motifs is 1. The van der Waals surface area contributed by atoms with Gasteiger partial charge in [0.15, 0.2) is 5.82 Å². The van der Waals surface area contributed by atoms with Gasteiger partial charge in [-0.3, -0.25) is 4.79 Å². The summed E-state index contributed by atoms with van der Waals surface area (Å²) in [5.74, 6) is 1.87. The molecule has 29 heavy (non-hydrogen) atoms. The topological polar surface area (TPSA) is 91.4 Å². The minimum absolute atomic E-state index is 0.144. The molecule has 4 aromatic rings. The second kappa shape index (κ2) is 7.67. The molecule has 0 aliphatic heterocycles. The molecule has 1 N–H and O–H groups in total. The number of benzene rings is 2. The lowest BCUT2D eigenvalue weighted by atomic mass is 10.2. The molecule has 148 valence electrons. The van der Waals surface area contributed by atoms with Gasteiger partial charge in [0, 0.05) is 18.0 Å². The van der Waals surface area contributed by atoms with Crippen molar-refractivity contribution in [1.29, 1.82) is 0 Å². The molecule has 0 bridgehead atoms. The molecule has 1 amide bonds. The fourth-order valence-corrected chi connectivity index (χ4v) is 3.24. The van der Waals surface area contributed by atoms with Gasteiger partial charge in [-0.05, 0) is 30.3 Å². The van der Waals surface area contributed by atoms with Crippen LogP contribution in [-0.4, -0.2) is 34.8 Å². The summed E-state index contributed by atoms with van der Waals surface area (Å²) in [5.41, 5.74) is 2.07. The summed E-state index contributed by atoms with van der Waals surface area (Å²) in [6.45, 7) is 0.144. The van der Waals surface area contributed by atoms with Gasteiger partial charge in [0.1, 0.15) is 17.2 Å². The van der Waals surface area contributed by atoms with Crippen LogP contribution < -0.4 is 14.8 Å². The second-order valence-corrected chi connectivity index (χ2v) is 6.39. The first kappa shape index (κ1) is 18.5. The maximum absolute atomic E-state index is 12.8. The van der Waals surface area contributed by atoms with Crippen LogP contribution in [0.3, 0.4) is 0 Å². The summed E-state index contributed by atoms with van der Waals surface area (Å²) >= 11 is 0. The summed E-state index contributed by atoms with van der Waals surface area (Å²) in [4.78, 5) is 17.1. The van der Waals surface area contributed by atoms with Gasteiger partial charge in [0.25, 0.3) is 11.8 Å². The molecule has 2 heterocycles. The molecule has 0 fully saturated rings. The lowest BCUT2D eigenvalue weighted by Gasteiger charge is -2.09. The van der Waals surface area contributed by atoms with Crippen LogP contribution in [0.2, 0.25) is 0 Å². The molecule has 2 aromatic heterocycles. The number of nitrogens with zero attached hydrogens (tertiary/aromatic N) is 3. The molecule has 8 heteroatoms. The van der Waals surface area contributed by atoms with Crippen molar-refractivity contribution in [1.82, 2.24) is 20.0 Å². The Bertz CT molecular complexity index is 1160. The van der Waals surface area contributed by atoms with Crippen molar-refractivity contribution < 1.29 is 18.8 Å². The zero-order valence-electron chi connectivity index (χ0n) is 16.3. The van der Waals surface area contributed by atoms with Crippen molar-refractivity contribution in [3.05, 3.63) is 60.0 Å². The number of nitrogens with one attached hydrogen (secondary N) is 1. The molecule has 0 saturated carbocycles. The minimum Gasteiger partial charge on any atom is -0.496 e. The van der Waals surface area contributed by atoms with Gasteiger partial charge in [-0.1, -0.05) is 23.4 Å². The molecule has 0 spiro atoms. The molecule has 0 aliphatic rings. The minimum atomic E-state index is -0.265. The van der Waals surface area contributed by atoms with Gasteiger partial charge in [0.2, 0.25) is 0 Å². The van der Waals surface area contributed by atoms with Crippen LogP contribution >= 0.6 is 0 Å². The number of aromatic nitrogens is 3. The molecule has 0 aliphatic carbocycles. The van der Waals surface area contributed by atoms with Gasteiger partial charge in [-0.2, -0.15) is 4.98 Å². The number of rotatable bonds is 6. The average molecular weight is 392 g/mol. The van der Waals surface area contributed by atoms with Crippen molar-refractivity contribution in [3.63, 3.8) is 0 Å². The molecule has 2 aromatic carbocycles. The summed E-state index contributed by atoms with van der Waals surface area (Å²) in [7, 11) is 4.99. The highest BCUT2D eigenvalue weighted by Gasteiger charge is 2.19. The van der Waals surface area contributed by atoms with E-state index in [1.807, 2.05) is 42.5 Å². The summed E-state index contributed by atoms with van der Waals surface area (Å²) in [5, 5.41) is 7.56. The second-order valence-electron chi connectivity index (χ2n) is 6.39. The predicted octanol–water partition coefficient (Wildman–Crippen LogP) is 3.18. The molecule has 8 nitrogen and oxygen atoms in total. The number of aryl methyl sites for hydroxylation is 1. The highest BCUT2D eigenvalue weighted by molar-refractivity contribution is 6.02. The standard InChI is InChI=1S/C21H20N4O4/c1-25-15(11-14-16(27-2)9-10-17(28-3)19(14)25)20(26)22-12-18-23-21(29-24-18)13-7-5-4-6-8-13/h4-11H,12H2,1-3H3,(H,22,26). The summed E-state index contributed by atoms with van der Waals surface area (Å²) in [6, 6.07) is 14.9. The maximum Gasteiger partial charge on any atom is 0.268 e. The molecule has 4 rings (SSSR count). The van der Waals surface area contributed by atoms with E-state index in [0.29, 0.717) is 28.9 Å². The monoisotopic (exact) mass is 392 g/mol. The molecular weight excluding hydrogens is 372 g/mol. The van der Waals surface area contributed by atoms with Gasteiger partial charge < -0.3 is 23.9 Å². The average Bonchev–Trinajstić information content (AvgIpc) is 3.37. The smallest absolute Gasteiger partial charge is 0.268 e. The molecule has 0 unspecified atom stereocenters. The lowest BCUT2D eigenvalue weighted by molar-refractivity contribution is 0.0942. The summed E-state index contributed by atoms with van der Waals surface area (Å²) in [6.07, 6.45) is 0. The Morgan fingerprint density at radius 3 is 2.55 bits per heavy atom. The number of ether oxygens (including phenoxy) is 2. The molecule has 0 atom stereocenters. The number of hydrogen-bond acceptors (Lipinski definition) is 6. The van der Waals surface area contributed by atoms with Crippen LogP contribution in [0.15, 0.2) is 53.1 Å². The van der Waals surface area contributed by atoms with Crippen molar-refractivity contribution in [2.45, 2.75) is 6.54 Å². The summed E-state index contributed by atoms with van der Waals surface area (Å²) < 4.78 is 17.9. The number of amides is 1. The first-order chi connectivity index (χ1) is 14.1. The van der Waals surface area contributed by atoms with E-state index >= 15 is 0 Å². The Labute approximate surface area is 167 Å². The maximum atomic E-state index is 12.8. The fourth-order valence-electron chi connectivity index (χ4n) is 3.24. The number of carbonyl (C=O) groups is 1. The number of methoxy groups -OCH3 is 2. The highest BCUT2D eigenvalue weighted by atomic mass is 16.5. The first-order valence-electron chi connectivity index (χ1n) is 8.99. The Kier molecular flexibility index (Phi) is 4.90. The zero-order valence-corrected chi connectivity index (χ0v) is 16.3.